The molecule has 6 nitrogen and oxygen atoms in total. The Kier molecular flexibility index (Phi) is 7.91. The minimum atomic E-state index is -0.0429. The quantitative estimate of drug-likeness (QED) is 0.0968. The topological polar surface area (TPSA) is 81.2 Å². The largest absolute Gasteiger partial charge is 0.504 e. The SMILES string of the molecule is CON(c1ccc(C)cc1C)c1cc2ccccc2c(/N=N\c2ccc(C(C#N)=Cc3ccc(C)cc3)cc2)c1O. The zero-order valence-corrected chi connectivity index (χ0v) is 23.5. The molecule has 5 rings (SSSR count). The number of phenols is 1. The van der Waals surface area contributed by atoms with Gasteiger partial charge in [0.25, 0.3) is 0 Å². The van der Waals surface area contributed by atoms with Gasteiger partial charge in [0.2, 0.25) is 0 Å². The normalized spacial score (nSPS) is 11.6. The molecule has 41 heavy (non-hydrogen) atoms. The van der Waals surface area contributed by atoms with Crippen molar-refractivity contribution >= 4 is 45.2 Å². The summed E-state index contributed by atoms with van der Waals surface area (Å²) < 4.78 is 0. The van der Waals surface area contributed by atoms with Crippen LogP contribution in [0.1, 0.15) is 27.8 Å². The maximum Gasteiger partial charge on any atom is 0.170 e. The number of anilines is 2. The van der Waals surface area contributed by atoms with Gasteiger partial charge < -0.3 is 5.11 Å². The van der Waals surface area contributed by atoms with Crippen molar-refractivity contribution in [1.29, 1.82) is 5.26 Å². The van der Waals surface area contributed by atoms with Gasteiger partial charge in [-0.15, -0.1) is 5.11 Å². The van der Waals surface area contributed by atoms with Gasteiger partial charge in [-0.05, 0) is 73.2 Å². The van der Waals surface area contributed by atoms with Gasteiger partial charge in [0, 0.05) is 5.39 Å². The maximum atomic E-state index is 11.5. The Hall–Kier alpha value is -5.25. The van der Waals surface area contributed by atoms with E-state index in [4.69, 9.17) is 4.84 Å². The molecule has 0 radical (unpaired) electrons. The molecule has 0 saturated heterocycles. The lowest BCUT2D eigenvalue weighted by Crippen LogP contribution is -2.16. The van der Waals surface area contributed by atoms with E-state index in [0.29, 0.717) is 22.6 Å². The molecule has 6 heteroatoms. The Bertz CT molecular complexity index is 1820. The Labute approximate surface area is 240 Å². The predicted octanol–water partition coefficient (Wildman–Crippen LogP) is 9.65. The molecule has 0 aliphatic carbocycles. The van der Waals surface area contributed by atoms with Crippen LogP contribution in [0.4, 0.5) is 22.7 Å². The van der Waals surface area contributed by atoms with E-state index < -0.39 is 0 Å². The van der Waals surface area contributed by atoms with Crippen molar-refractivity contribution in [2.75, 3.05) is 12.2 Å². The summed E-state index contributed by atoms with van der Waals surface area (Å²) in [5.41, 5.74) is 7.82. The number of aryl methyl sites for hydroxylation is 3. The fraction of sp³-hybridized carbons (Fsp3) is 0.114. The van der Waals surface area contributed by atoms with E-state index in [-0.39, 0.29) is 5.75 Å². The number of allylic oxidation sites excluding steroid dienone is 1. The van der Waals surface area contributed by atoms with Gasteiger partial charge in [0.05, 0.1) is 30.1 Å². The van der Waals surface area contributed by atoms with Crippen LogP contribution in [-0.4, -0.2) is 12.2 Å². The van der Waals surface area contributed by atoms with Crippen molar-refractivity contribution < 1.29 is 9.94 Å². The molecule has 1 N–H and O–H groups in total. The molecule has 0 saturated carbocycles. The zero-order valence-electron chi connectivity index (χ0n) is 23.5. The Morgan fingerprint density at radius 2 is 1.54 bits per heavy atom. The first-order chi connectivity index (χ1) is 19.9. The highest BCUT2D eigenvalue weighted by molar-refractivity contribution is 6.00. The number of hydrogen-bond donors (Lipinski definition) is 1. The Morgan fingerprint density at radius 1 is 0.829 bits per heavy atom. The van der Waals surface area contributed by atoms with Gasteiger partial charge in [0.1, 0.15) is 11.4 Å². The van der Waals surface area contributed by atoms with Crippen molar-refractivity contribution in [2.24, 2.45) is 10.2 Å². The van der Waals surface area contributed by atoms with Crippen molar-refractivity contribution in [2.45, 2.75) is 20.8 Å². The molecule has 0 aromatic heterocycles. The first-order valence-corrected chi connectivity index (χ1v) is 13.2. The second-order valence-electron chi connectivity index (χ2n) is 9.91. The van der Waals surface area contributed by atoms with Gasteiger partial charge in [-0.1, -0.05) is 83.9 Å². The summed E-state index contributed by atoms with van der Waals surface area (Å²) in [4.78, 5) is 5.75. The standard InChI is InChI=1S/C35H30N4O2/c1-23-9-12-26(13-10-23)20-29(22-36)27-14-16-30(17-15-27)37-38-34-31-8-6-5-7-28(31)21-33(35(34)40)39(41-4)32-18-11-24(2)19-25(32)3/h5-21,40H,1-4H3/b29-20?,38-37-. The predicted molar refractivity (Wildman–Crippen MR) is 166 cm³/mol. The van der Waals surface area contributed by atoms with E-state index in [1.807, 2.05) is 106 Å². The van der Waals surface area contributed by atoms with Crippen molar-refractivity contribution in [1.82, 2.24) is 0 Å². The van der Waals surface area contributed by atoms with Crippen molar-refractivity contribution in [3.63, 3.8) is 0 Å². The summed E-state index contributed by atoms with van der Waals surface area (Å²) in [6.45, 7) is 6.07. The van der Waals surface area contributed by atoms with Gasteiger partial charge in [-0.25, -0.2) is 5.06 Å². The lowest BCUT2D eigenvalue weighted by molar-refractivity contribution is 0.199. The monoisotopic (exact) mass is 538 g/mol. The van der Waals surface area contributed by atoms with Crippen LogP contribution in [0.15, 0.2) is 107 Å². The van der Waals surface area contributed by atoms with Gasteiger partial charge in [0.15, 0.2) is 5.75 Å². The van der Waals surface area contributed by atoms with E-state index in [1.165, 1.54) is 5.56 Å². The molecule has 0 spiro atoms. The lowest BCUT2D eigenvalue weighted by atomic mass is 10.0. The second kappa shape index (κ2) is 11.9. The van der Waals surface area contributed by atoms with Crippen molar-refractivity contribution in [3.05, 3.63) is 125 Å². The average molecular weight is 539 g/mol. The number of hydrogen-bond acceptors (Lipinski definition) is 6. The number of azo groups is 1. The summed E-state index contributed by atoms with van der Waals surface area (Å²) in [7, 11) is 1.57. The van der Waals surface area contributed by atoms with Gasteiger partial charge in [-0.3, -0.25) is 4.84 Å². The minimum Gasteiger partial charge on any atom is -0.504 e. The second-order valence-corrected chi connectivity index (χ2v) is 9.91. The first kappa shape index (κ1) is 27.3. The third-order valence-corrected chi connectivity index (χ3v) is 6.90. The molecule has 0 amide bonds. The van der Waals surface area contributed by atoms with Crippen LogP contribution < -0.4 is 5.06 Å². The Morgan fingerprint density at radius 3 is 2.22 bits per heavy atom. The minimum absolute atomic E-state index is 0.0429. The van der Waals surface area contributed by atoms with Crippen LogP contribution >= 0.6 is 0 Å². The zero-order chi connectivity index (χ0) is 28.9. The molecule has 0 atom stereocenters. The van der Waals surface area contributed by atoms with Gasteiger partial charge >= 0.3 is 0 Å². The van der Waals surface area contributed by atoms with E-state index in [9.17, 15) is 10.4 Å². The number of benzene rings is 5. The summed E-state index contributed by atoms with van der Waals surface area (Å²) >= 11 is 0. The molecular weight excluding hydrogens is 508 g/mol. The fourth-order valence-electron chi connectivity index (χ4n) is 4.74. The first-order valence-electron chi connectivity index (χ1n) is 13.2. The van der Waals surface area contributed by atoms with Crippen LogP contribution in [0, 0.1) is 32.1 Å². The third kappa shape index (κ3) is 5.86. The third-order valence-electron chi connectivity index (χ3n) is 6.90. The fourth-order valence-corrected chi connectivity index (χ4v) is 4.74. The summed E-state index contributed by atoms with van der Waals surface area (Å²) in [5.74, 6) is -0.0429. The molecule has 0 aliphatic rings. The van der Waals surface area contributed by atoms with Crippen LogP contribution in [0.25, 0.3) is 22.4 Å². The van der Waals surface area contributed by atoms with E-state index in [1.54, 1.807) is 24.3 Å². The molecule has 0 aliphatic heterocycles. The molecule has 0 bridgehead atoms. The Balaban J connectivity index is 1.51. The highest BCUT2D eigenvalue weighted by Gasteiger charge is 2.21. The van der Waals surface area contributed by atoms with Crippen LogP contribution in [0.3, 0.4) is 0 Å². The highest BCUT2D eigenvalue weighted by Crippen LogP contribution is 2.46. The number of aromatic hydroxyl groups is 1. The summed E-state index contributed by atoms with van der Waals surface area (Å²) in [5, 5.41) is 33.4. The number of nitrogens with zero attached hydrogens (tertiary/aromatic N) is 4. The van der Waals surface area contributed by atoms with Crippen LogP contribution in [0.5, 0.6) is 5.75 Å². The molecule has 0 unspecified atom stereocenters. The summed E-state index contributed by atoms with van der Waals surface area (Å²) in [6.07, 6.45) is 1.86. The van der Waals surface area contributed by atoms with E-state index in [0.717, 1.165) is 38.7 Å². The average Bonchev–Trinajstić information content (AvgIpc) is 2.98. The van der Waals surface area contributed by atoms with E-state index in [2.05, 4.69) is 22.4 Å². The number of nitriles is 1. The molecule has 5 aromatic rings. The van der Waals surface area contributed by atoms with Crippen LogP contribution in [-0.2, 0) is 4.84 Å². The van der Waals surface area contributed by atoms with E-state index >= 15 is 0 Å². The number of fused-ring (bicyclic) bond motifs is 1. The maximum absolute atomic E-state index is 11.5. The van der Waals surface area contributed by atoms with Crippen LogP contribution in [0.2, 0.25) is 0 Å². The molecule has 5 aromatic carbocycles. The van der Waals surface area contributed by atoms with Gasteiger partial charge in [-0.2, -0.15) is 10.4 Å². The highest BCUT2D eigenvalue weighted by atomic mass is 16.7. The van der Waals surface area contributed by atoms with Crippen molar-refractivity contribution in [3.8, 4) is 11.8 Å². The molecular formula is C35H30N4O2. The summed E-state index contributed by atoms with van der Waals surface area (Å²) in [6, 6.07) is 33.2. The lowest BCUT2D eigenvalue weighted by Gasteiger charge is -2.25. The smallest absolute Gasteiger partial charge is 0.170 e. The molecule has 202 valence electrons. The molecule has 0 fully saturated rings. The molecule has 0 heterocycles. The number of phenolic OH excluding ortho intramolecular Hbond substituents is 1. The number of rotatable bonds is 7.